The first-order valence-electron chi connectivity index (χ1n) is 6.81. The summed E-state index contributed by atoms with van der Waals surface area (Å²) in [7, 11) is 0. The Morgan fingerprint density at radius 3 is 2.59 bits per heavy atom. The second-order valence-corrected chi connectivity index (χ2v) is 6.15. The zero-order chi connectivity index (χ0) is 15.7. The Bertz CT molecular complexity index is 840. The number of thiophene rings is 1. The van der Waals surface area contributed by atoms with E-state index in [0.717, 1.165) is 21.5 Å². The van der Waals surface area contributed by atoms with Gasteiger partial charge in [0.05, 0.1) is 5.39 Å². The molecule has 0 fully saturated rings. The lowest BCUT2D eigenvalue weighted by Gasteiger charge is -2.07. The van der Waals surface area contributed by atoms with Gasteiger partial charge in [-0.3, -0.25) is 4.79 Å². The standard InChI is InChI=1S/C16H15N3O2S/c1-9-10(2)22-16-14(9)15(17-8-18-16)21-13-6-4-12(5-7-13)19-11(3)20/h4-8H,1-3H3,(H,19,20). The zero-order valence-corrected chi connectivity index (χ0v) is 13.3. The molecule has 0 unspecified atom stereocenters. The van der Waals surface area contributed by atoms with E-state index in [9.17, 15) is 4.79 Å². The number of ether oxygens (including phenoxy) is 1. The van der Waals surface area contributed by atoms with Gasteiger partial charge in [-0.2, -0.15) is 0 Å². The summed E-state index contributed by atoms with van der Waals surface area (Å²) in [5, 5.41) is 3.67. The van der Waals surface area contributed by atoms with E-state index in [1.54, 1.807) is 35.6 Å². The van der Waals surface area contributed by atoms with E-state index < -0.39 is 0 Å². The fourth-order valence-corrected chi connectivity index (χ4v) is 3.14. The number of aryl methyl sites for hydroxylation is 2. The second-order valence-electron chi connectivity index (χ2n) is 4.95. The van der Waals surface area contributed by atoms with Crippen LogP contribution in [0.3, 0.4) is 0 Å². The van der Waals surface area contributed by atoms with Crippen LogP contribution in [0.1, 0.15) is 17.4 Å². The molecule has 0 spiro atoms. The molecule has 1 aromatic carbocycles. The van der Waals surface area contributed by atoms with Gasteiger partial charge in [-0.1, -0.05) is 0 Å². The maximum Gasteiger partial charge on any atom is 0.231 e. The van der Waals surface area contributed by atoms with E-state index in [1.807, 2.05) is 6.92 Å². The molecular formula is C16H15N3O2S. The molecule has 1 amide bonds. The number of rotatable bonds is 3. The third-order valence-corrected chi connectivity index (χ3v) is 4.44. The van der Waals surface area contributed by atoms with Crippen molar-refractivity contribution in [1.82, 2.24) is 9.97 Å². The number of carbonyl (C=O) groups excluding carboxylic acids is 1. The monoisotopic (exact) mass is 313 g/mol. The summed E-state index contributed by atoms with van der Waals surface area (Å²) in [6.45, 7) is 5.58. The number of nitrogens with zero attached hydrogens (tertiary/aromatic N) is 2. The molecule has 112 valence electrons. The third kappa shape index (κ3) is 2.78. The summed E-state index contributed by atoms with van der Waals surface area (Å²) in [6, 6.07) is 7.18. The topological polar surface area (TPSA) is 64.1 Å². The van der Waals surface area contributed by atoms with E-state index in [0.29, 0.717) is 11.6 Å². The smallest absolute Gasteiger partial charge is 0.231 e. The minimum atomic E-state index is -0.101. The second kappa shape index (κ2) is 5.73. The highest BCUT2D eigenvalue weighted by Gasteiger charge is 2.13. The average molecular weight is 313 g/mol. The molecular weight excluding hydrogens is 298 g/mol. The molecule has 0 atom stereocenters. The van der Waals surface area contributed by atoms with E-state index in [1.165, 1.54) is 18.1 Å². The Morgan fingerprint density at radius 2 is 1.91 bits per heavy atom. The SMILES string of the molecule is CC(=O)Nc1ccc(Oc2ncnc3sc(C)c(C)c23)cc1. The summed E-state index contributed by atoms with van der Waals surface area (Å²) >= 11 is 1.63. The molecule has 0 aliphatic carbocycles. The fraction of sp³-hybridized carbons (Fsp3) is 0.188. The number of carbonyl (C=O) groups is 1. The van der Waals surface area contributed by atoms with Gasteiger partial charge in [0.1, 0.15) is 16.9 Å². The Hall–Kier alpha value is -2.47. The summed E-state index contributed by atoms with van der Waals surface area (Å²) in [6.07, 6.45) is 1.51. The first kappa shape index (κ1) is 14.5. The van der Waals surface area contributed by atoms with Gasteiger partial charge in [-0.15, -0.1) is 11.3 Å². The van der Waals surface area contributed by atoms with Crippen LogP contribution in [0, 0.1) is 13.8 Å². The minimum Gasteiger partial charge on any atom is -0.438 e. The van der Waals surface area contributed by atoms with Crippen LogP contribution in [-0.4, -0.2) is 15.9 Å². The van der Waals surface area contributed by atoms with Crippen molar-refractivity contribution in [3.63, 3.8) is 0 Å². The van der Waals surface area contributed by atoms with Crippen LogP contribution in [0.4, 0.5) is 5.69 Å². The molecule has 2 aromatic heterocycles. The maximum absolute atomic E-state index is 11.0. The number of nitrogens with one attached hydrogen (secondary N) is 1. The van der Waals surface area contributed by atoms with Crippen molar-refractivity contribution in [2.75, 3.05) is 5.32 Å². The molecule has 0 aliphatic rings. The zero-order valence-electron chi connectivity index (χ0n) is 12.5. The summed E-state index contributed by atoms with van der Waals surface area (Å²) in [5.41, 5.74) is 1.88. The number of benzene rings is 1. The van der Waals surface area contributed by atoms with E-state index in [4.69, 9.17) is 4.74 Å². The number of amides is 1. The van der Waals surface area contributed by atoms with Gasteiger partial charge in [-0.25, -0.2) is 9.97 Å². The molecule has 0 radical (unpaired) electrons. The molecule has 22 heavy (non-hydrogen) atoms. The highest BCUT2D eigenvalue weighted by molar-refractivity contribution is 7.18. The molecule has 3 aromatic rings. The molecule has 0 saturated carbocycles. The Labute approximate surface area is 132 Å². The van der Waals surface area contributed by atoms with Gasteiger partial charge >= 0.3 is 0 Å². The van der Waals surface area contributed by atoms with Crippen molar-refractivity contribution in [3.05, 3.63) is 41.0 Å². The summed E-state index contributed by atoms with van der Waals surface area (Å²) in [4.78, 5) is 21.7. The summed E-state index contributed by atoms with van der Waals surface area (Å²) in [5.74, 6) is 1.12. The van der Waals surface area contributed by atoms with Crippen LogP contribution in [0.15, 0.2) is 30.6 Å². The molecule has 0 aliphatic heterocycles. The molecule has 1 N–H and O–H groups in total. The van der Waals surface area contributed by atoms with Crippen molar-refractivity contribution < 1.29 is 9.53 Å². The van der Waals surface area contributed by atoms with Crippen molar-refractivity contribution in [3.8, 4) is 11.6 Å². The van der Waals surface area contributed by atoms with Crippen LogP contribution < -0.4 is 10.1 Å². The number of fused-ring (bicyclic) bond motifs is 1. The number of hydrogen-bond acceptors (Lipinski definition) is 5. The van der Waals surface area contributed by atoms with Crippen LogP contribution in [0.5, 0.6) is 11.6 Å². The lowest BCUT2D eigenvalue weighted by atomic mass is 10.2. The summed E-state index contributed by atoms with van der Waals surface area (Å²) < 4.78 is 5.89. The highest BCUT2D eigenvalue weighted by Crippen LogP contribution is 2.35. The van der Waals surface area contributed by atoms with Crippen LogP contribution in [0.2, 0.25) is 0 Å². The first-order valence-corrected chi connectivity index (χ1v) is 7.62. The lowest BCUT2D eigenvalue weighted by Crippen LogP contribution is -2.05. The Morgan fingerprint density at radius 1 is 1.18 bits per heavy atom. The molecule has 2 heterocycles. The predicted octanol–water partition coefficient (Wildman–Crippen LogP) is 4.06. The maximum atomic E-state index is 11.0. The number of hydrogen-bond donors (Lipinski definition) is 1. The molecule has 0 bridgehead atoms. The molecule has 3 rings (SSSR count). The molecule has 0 saturated heterocycles. The Kier molecular flexibility index (Phi) is 3.77. The highest BCUT2D eigenvalue weighted by atomic mass is 32.1. The van der Waals surface area contributed by atoms with Crippen LogP contribution >= 0.6 is 11.3 Å². The van der Waals surface area contributed by atoms with Crippen molar-refractivity contribution >= 4 is 33.1 Å². The third-order valence-electron chi connectivity index (χ3n) is 3.32. The first-order chi connectivity index (χ1) is 10.5. The van der Waals surface area contributed by atoms with E-state index in [-0.39, 0.29) is 5.91 Å². The van der Waals surface area contributed by atoms with Gasteiger partial charge in [0.25, 0.3) is 0 Å². The average Bonchev–Trinajstić information content (AvgIpc) is 2.77. The van der Waals surface area contributed by atoms with Crippen molar-refractivity contribution in [1.29, 1.82) is 0 Å². The minimum absolute atomic E-state index is 0.101. The van der Waals surface area contributed by atoms with Crippen molar-refractivity contribution in [2.45, 2.75) is 20.8 Å². The number of aromatic nitrogens is 2. The van der Waals surface area contributed by atoms with Crippen LogP contribution in [0.25, 0.3) is 10.2 Å². The fourth-order valence-electron chi connectivity index (χ4n) is 2.15. The van der Waals surface area contributed by atoms with Gasteiger partial charge in [0.2, 0.25) is 11.8 Å². The quantitative estimate of drug-likeness (QED) is 0.792. The normalized spacial score (nSPS) is 10.7. The van der Waals surface area contributed by atoms with Crippen LogP contribution in [-0.2, 0) is 4.79 Å². The largest absolute Gasteiger partial charge is 0.438 e. The van der Waals surface area contributed by atoms with E-state index in [2.05, 4.69) is 22.2 Å². The molecule has 6 heteroatoms. The lowest BCUT2D eigenvalue weighted by molar-refractivity contribution is -0.114. The predicted molar refractivity (Wildman–Crippen MR) is 87.7 cm³/mol. The molecule has 5 nitrogen and oxygen atoms in total. The number of anilines is 1. The van der Waals surface area contributed by atoms with Crippen molar-refractivity contribution in [2.24, 2.45) is 0 Å². The van der Waals surface area contributed by atoms with E-state index >= 15 is 0 Å². The van der Waals surface area contributed by atoms with Gasteiger partial charge < -0.3 is 10.1 Å². The van der Waals surface area contributed by atoms with Gasteiger partial charge in [0, 0.05) is 17.5 Å². The van der Waals surface area contributed by atoms with Gasteiger partial charge in [0.15, 0.2) is 0 Å². The van der Waals surface area contributed by atoms with Gasteiger partial charge in [-0.05, 0) is 43.7 Å². The Balaban J connectivity index is 1.91.